The van der Waals surface area contributed by atoms with Gasteiger partial charge in [-0.05, 0) is 35.7 Å². The van der Waals surface area contributed by atoms with Gasteiger partial charge in [0.1, 0.15) is 0 Å². The first kappa shape index (κ1) is 14.5. The van der Waals surface area contributed by atoms with Crippen LogP contribution < -0.4 is 4.90 Å². The van der Waals surface area contributed by atoms with E-state index in [4.69, 9.17) is 5.26 Å². The molecule has 1 aliphatic rings. The van der Waals surface area contributed by atoms with E-state index < -0.39 is 0 Å². The highest BCUT2D eigenvalue weighted by atomic mass is 15.2. The van der Waals surface area contributed by atoms with Crippen LogP contribution in [0.1, 0.15) is 22.4 Å². The first-order chi connectivity index (χ1) is 11.8. The average Bonchev–Trinajstić information content (AvgIpc) is 3.24. The maximum atomic E-state index is 8.90. The highest BCUT2D eigenvalue weighted by molar-refractivity contribution is 5.57. The molecule has 24 heavy (non-hydrogen) atoms. The van der Waals surface area contributed by atoms with Crippen molar-refractivity contribution in [1.82, 2.24) is 9.55 Å². The maximum Gasteiger partial charge on any atom is 0.0991 e. The van der Waals surface area contributed by atoms with Crippen LogP contribution in [0.25, 0.3) is 0 Å². The van der Waals surface area contributed by atoms with E-state index in [1.165, 1.54) is 22.5 Å². The van der Waals surface area contributed by atoms with Crippen LogP contribution in [0.2, 0.25) is 0 Å². The van der Waals surface area contributed by atoms with Gasteiger partial charge >= 0.3 is 0 Å². The van der Waals surface area contributed by atoms with Crippen molar-refractivity contribution < 1.29 is 0 Å². The zero-order valence-corrected chi connectivity index (χ0v) is 13.4. The fourth-order valence-corrected chi connectivity index (χ4v) is 3.27. The third-order valence-electron chi connectivity index (χ3n) is 4.57. The molecule has 0 aliphatic carbocycles. The highest BCUT2D eigenvalue weighted by Gasteiger charge is 2.19. The molecule has 0 spiro atoms. The van der Waals surface area contributed by atoms with E-state index in [2.05, 4.69) is 44.8 Å². The Labute approximate surface area is 141 Å². The second kappa shape index (κ2) is 6.21. The third kappa shape index (κ3) is 2.77. The van der Waals surface area contributed by atoms with E-state index >= 15 is 0 Å². The number of para-hydroxylation sites is 1. The Morgan fingerprint density at radius 1 is 1.04 bits per heavy atom. The summed E-state index contributed by atoms with van der Waals surface area (Å²) in [4.78, 5) is 6.75. The van der Waals surface area contributed by atoms with Crippen LogP contribution in [0.4, 0.5) is 5.69 Å². The van der Waals surface area contributed by atoms with Gasteiger partial charge in [-0.1, -0.05) is 30.3 Å². The summed E-state index contributed by atoms with van der Waals surface area (Å²) in [7, 11) is 0. The molecule has 4 nitrogen and oxygen atoms in total. The Balaban J connectivity index is 1.52. The minimum atomic E-state index is 0.693. The molecule has 4 heteroatoms. The second-order valence-corrected chi connectivity index (χ2v) is 6.12. The number of nitriles is 1. The summed E-state index contributed by atoms with van der Waals surface area (Å²) in [6.07, 6.45) is 4.94. The summed E-state index contributed by atoms with van der Waals surface area (Å²) >= 11 is 0. The molecule has 0 amide bonds. The molecule has 1 aromatic heterocycles. The van der Waals surface area contributed by atoms with Gasteiger partial charge in [0, 0.05) is 25.0 Å². The lowest BCUT2D eigenvalue weighted by Gasteiger charge is -2.20. The van der Waals surface area contributed by atoms with Crippen molar-refractivity contribution in [3.8, 4) is 6.07 Å². The van der Waals surface area contributed by atoms with Crippen molar-refractivity contribution in [2.45, 2.75) is 19.5 Å². The average molecular weight is 314 g/mol. The fourth-order valence-electron chi connectivity index (χ4n) is 3.27. The van der Waals surface area contributed by atoms with Crippen molar-refractivity contribution in [1.29, 1.82) is 5.26 Å². The highest BCUT2D eigenvalue weighted by Crippen LogP contribution is 2.28. The lowest BCUT2D eigenvalue weighted by molar-refractivity contribution is 0.710. The molecule has 2 heterocycles. The molecular formula is C20H18N4. The Kier molecular flexibility index (Phi) is 3.76. The van der Waals surface area contributed by atoms with Crippen LogP contribution in [-0.2, 0) is 19.5 Å². The van der Waals surface area contributed by atoms with Gasteiger partial charge < -0.3 is 9.47 Å². The number of benzene rings is 2. The van der Waals surface area contributed by atoms with Gasteiger partial charge in [-0.2, -0.15) is 5.26 Å². The number of nitrogens with zero attached hydrogens (tertiary/aromatic N) is 4. The minimum absolute atomic E-state index is 0.693. The van der Waals surface area contributed by atoms with Crippen molar-refractivity contribution in [3.63, 3.8) is 0 Å². The minimum Gasteiger partial charge on any atom is -0.365 e. The zero-order chi connectivity index (χ0) is 16.4. The standard InChI is InChI=1S/C20H18N4/c21-11-16-5-7-17(8-6-16)13-24-15-22-12-19(24)14-23-10-9-18-3-1-2-4-20(18)23/h1-8,12,15H,9-10,13-14H2. The summed E-state index contributed by atoms with van der Waals surface area (Å²) in [5.74, 6) is 0. The van der Waals surface area contributed by atoms with E-state index in [1.807, 2.05) is 36.8 Å². The summed E-state index contributed by atoms with van der Waals surface area (Å²) in [6.45, 7) is 2.70. The van der Waals surface area contributed by atoms with Crippen molar-refractivity contribution in [2.24, 2.45) is 0 Å². The van der Waals surface area contributed by atoms with E-state index in [0.717, 1.165) is 26.1 Å². The molecule has 4 rings (SSSR count). The van der Waals surface area contributed by atoms with E-state index in [0.29, 0.717) is 5.56 Å². The normalized spacial score (nSPS) is 12.9. The van der Waals surface area contributed by atoms with Gasteiger partial charge in [-0.25, -0.2) is 4.98 Å². The van der Waals surface area contributed by atoms with Gasteiger partial charge in [-0.3, -0.25) is 0 Å². The lowest BCUT2D eigenvalue weighted by Crippen LogP contribution is -2.21. The predicted molar refractivity (Wildman–Crippen MR) is 93.7 cm³/mol. The predicted octanol–water partition coefficient (Wildman–Crippen LogP) is 3.37. The summed E-state index contributed by atoms with van der Waals surface area (Å²) in [6, 6.07) is 18.5. The summed E-state index contributed by atoms with van der Waals surface area (Å²) < 4.78 is 2.18. The van der Waals surface area contributed by atoms with E-state index in [9.17, 15) is 0 Å². The molecule has 3 aromatic rings. The Morgan fingerprint density at radius 3 is 2.71 bits per heavy atom. The van der Waals surface area contributed by atoms with Gasteiger partial charge in [0.2, 0.25) is 0 Å². The quantitative estimate of drug-likeness (QED) is 0.741. The van der Waals surface area contributed by atoms with Crippen LogP contribution in [0.3, 0.4) is 0 Å². The Morgan fingerprint density at radius 2 is 1.88 bits per heavy atom. The van der Waals surface area contributed by atoms with Gasteiger partial charge in [0.25, 0.3) is 0 Å². The number of fused-ring (bicyclic) bond motifs is 1. The molecule has 0 saturated carbocycles. The summed E-state index contributed by atoms with van der Waals surface area (Å²) in [5, 5.41) is 8.90. The van der Waals surface area contributed by atoms with Crippen molar-refractivity contribution in [3.05, 3.63) is 83.4 Å². The molecule has 118 valence electrons. The number of aromatic nitrogens is 2. The van der Waals surface area contributed by atoms with Crippen LogP contribution in [-0.4, -0.2) is 16.1 Å². The van der Waals surface area contributed by atoms with E-state index in [-0.39, 0.29) is 0 Å². The number of anilines is 1. The fraction of sp³-hybridized carbons (Fsp3) is 0.200. The van der Waals surface area contributed by atoms with Crippen molar-refractivity contribution >= 4 is 5.69 Å². The van der Waals surface area contributed by atoms with Crippen LogP contribution >= 0.6 is 0 Å². The molecule has 0 fully saturated rings. The molecule has 0 unspecified atom stereocenters. The smallest absolute Gasteiger partial charge is 0.0991 e. The lowest BCUT2D eigenvalue weighted by atomic mass is 10.1. The molecule has 0 N–H and O–H groups in total. The maximum absolute atomic E-state index is 8.90. The molecule has 0 saturated heterocycles. The Hall–Kier alpha value is -3.06. The monoisotopic (exact) mass is 314 g/mol. The first-order valence-corrected chi connectivity index (χ1v) is 8.14. The van der Waals surface area contributed by atoms with Crippen LogP contribution in [0.15, 0.2) is 61.1 Å². The number of hydrogen-bond donors (Lipinski definition) is 0. The van der Waals surface area contributed by atoms with Gasteiger partial charge in [0.15, 0.2) is 0 Å². The van der Waals surface area contributed by atoms with E-state index in [1.54, 1.807) is 0 Å². The van der Waals surface area contributed by atoms with Gasteiger partial charge in [0.05, 0.1) is 30.2 Å². The Bertz CT molecular complexity index is 887. The van der Waals surface area contributed by atoms with Crippen LogP contribution in [0.5, 0.6) is 0 Å². The number of hydrogen-bond acceptors (Lipinski definition) is 3. The first-order valence-electron chi connectivity index (χ1n) is 8.14. The second-order valence-electron chi connectivity index (χ2n) is 6.12. The molecular weight excluding hydrogens is 296 g/mol. The molecule has 0 bridgehead atoms. The molecule has 2 aromatic carbocycles. The topological polar surface area (TPSA) is 44.9 Å². The third-order valence-corrected chi connectivity index (χ3v) is 4.57. The zero-order valence-electron chi connectivity index (χ0n) is 13.4. The summed E-state index contributed by atoms with van der Waals surface area (Å²) in [5.41, 5.74) is 5.84. The van der Waals surface area contributed by atoms with Crippen LogP contribution in [0, 0.1) is 11.3 Å². The molecule has 1 aliphatic heterocycles. The number of imidazole rings is 1. The SMILES string of the molecule is N#Cc1ccc(Cn2cncc2CN2CCc3ccccc32)cc1. The number of rotatable bonds is 4. The molecule has 0 atom stereocenters. The molecule has 0 radical (unpaired) electrons. The van der Waals surface area contributed by atoms with Gasteiger partial charge in [-0.15, -0.1) is 0 Å². The largest absolute Gasteiger partial charge is 0.365 e. The van der Waals surface area contributed by atoms with Crippen molar-refractivity contribution in [2.75, 3.05) is 11.4 Å².